The summed E-state index contributed by atoms with van der Waals surface area (Å²) >= 11 is 1.42. The van der Waals surface area contributed by atoms with Gasteiger partial charge in [-0.25, -0.2) is 4.98 Å². The van der Waals surface area contributed by atoms with Gasteiger partial charge in [-0.1, -0.05) is 11.8 Å². The maximum Gasteiger partial charge on any atom is 0.173 e. The van der Waals surface area contributed by atoms with Crippen molar-refractivity contribution in [3.63, 3.8) is 0 Å². The first kappa shape index (κ1) is 19.0. The normalized spacial score (nSPS) is 10.7. The Balaban J connectivity index is 1.79. The third-order valence-electron chi connectivity index (χ3n) is 4.26. The highest BCUT2D eigenvalue weighted by atomic mass is 32.2. The number of ketones is 1. The van der Waals surface area contributed by atoms with Crippen LogP contribution in [0.5, 0.6) is 17.2 Å². The van der Waals surface area contributed by atoms with Crippen molar-refractivity contribution in [1.82, 2.24) is 4.98 Å². The number of aryl methyl sites for hydroxylation is 1. The Hall–Kier alpha value is -2.73. The van der Waals surface area contributed by atoms with Crippen molar-refractivity contribution in [1.29, 1.82) is 0 Å². The number of carbonyl (C=O) groups excluding carboxylic acids is 1. The molecule has 0 atom stereocenters. The van der Waals surface area contributed by atoms with Crippen molar-refractivity contribution in [3.8, 4) is 17.2 Å². The first-order valence-electron chi connectivity index (χ1n) is 8.39. The molecule has 0 N–H and O–H groups in total. The zero-order valence-corrected chi connectivity index (χ0v) is 16.6. The van der Waals surface area contributed by atoms with Crippen LogP contribution in [-0.4, -0.2) is 37.8 Å². The Morgan fingerprint density at radius 3 is 2.44 bits per heavy atom. The lowest BCUT2D eigenvalue weighted by Gasteiger charge is -2.10. The number of thioether (sulfide) groups is 1. The average molecular weight is 383 g/mol. The molecule has 27 heavy (non-hydrogen) atoms. The predicted octanol–water partition coefficient (Wildman–Crippen LogP) is 4.54. The van der Waals surface area contributed by atoms with Crippen LogP contribution in [0.1, 0.15) is 15.9 Å². The molecule has 1 heterocycles. The van der Waals surface area contributed by atoms with E-state index in [9.17, 15) is 4.79 Å². The number of aromatic nitrogens is 1. The number of rotatable bonds is 7. The molecule has 0 spiro atoms. The van der Waals surface area contributed by atoms with E-state index in [0.717, 1.165) is 27.2 Å². The molecule has 140 valence electrons. The van der Waals surface area contributed by atoms with Crippen LogP contribution in [-0.2, 0) is 0 Å². The van der Waals surface area contributed by atoms with Crippen LogP contribution >= 0.6 is 11.8 Å². The van der Waals surface area contributed by atoms with E-state index in [2.05, 4.69) is 4.98 Å². The lowest BCUT2D eigenvalue weighted by Crippen LogP contribution is -2.04. The number of hydrogen-bond donors (Lipinski definition) is 0. The summed E-state index contributed by atoms with van der Waals surface area (Å²) in [6.45, 7) is 2.04. The molecule has 0 aliphatic rings. The minimum Gasteiger partial charge on any atom is -0.497 e. The van der Waals surface area contributed by atoms with E-state index < -0.39 is 0 Å². The quantitative estimate of drug-likeness (QED) is 0.441. The van der Waals surface area contributed by atoms with Crippen molar-refractivity contribution < 1.29 is 19.0 Å². The molecule has 0 fully saturated rings. The molecule has 0 saturated heterocycles. The maximum atomic E-state index is 12.6. The van der Waals surface area contributed by atoms with Crippen molar-refractivity contribution in [3.05, 3.63) is 53.6 Å². The largest absolute Gasteiger partial charge is 0.497 e. The van der Waals surface area contributed by atoms with Crippen LogP contribution < -0.4 is 14.2 Å². The molecule has 6 heteroatoms. The predicted molar refractivity (Wildman–Crippen MR) is 108 cm³/mol. The van der Waals surface area contributed by atoms with Gasteiger partial charge in [0.15, 0.2) is 17.3 Å². The fourth-order valence-electron chi connectivity index (χ4n) is 2.78. The van der Waals surface area contributed by atoms with Gasteiger partial charge in [0.05, 0.1) is 37.6 Å². The second kappa shape index (κ2) is 8.31. The van der Waals surface area contributed by atoms with Gasteiger partial charge >= 0.3 is 0 Å². The maximum absolute atomic E-state index is 12.6. The van der Waals surface area contributed by atoms with Crippen LogP contribution in [0.4, 0.5) is 0 Å². The molecule has 0 aliphatic carbocycles. The van der Waals surface area contributed by atoms with Gasteiger partial charge in [0.25, 0.3) is 0 Å². The van der Waals surface area contributed by atoms with E-state index in [1.165, 1.54) is 11.8 Å². The number of methoxy groups -OCH3 is 3. The fourth-order valence-corrected chi connectivity index (χ4v) is 3.65. The van der Waals surface area contributed by atoms with Gasteiger partial charge in [0.2, 0.25) is 0 Å². The van der Waals surface area contributed by atoms with E-state index >= 15 is 0 Å². The summed E-state index contributed by atoms with van der Waals surface area (Å²) in [5, 5.41) is 1.88. The number of carbonyl (C=O) groups is 1. The molecule has 3 aromatic rings. The van der Waals surface area contributed by atoms with E-state index in [0.29, 0.717) is 17.1 Å². The summed E-state index contributed by atoms with van der Waals surface area (Å²) in [6, 6.07) is 13.0. The molecule has 0 bridgehead atoms. The summed E-state index contributed by atoms with van der Waals surface area (Å²) in [5.41, 5.74) is 2.55. The molecule has 0 radical (unpaired) electrons. The number of fused-ring (bicyclic) bond motifs is 1. The first-order valence-corrected chi connectivity index (χ1v) is 9.37. The molecular weight excluding hydrogens is 362 g/mol. The number of hydrogen-bond acceptors (Lipinski definition) is 6. The minimum atomic E-state index is 0.00569. The second-order valence-corrected chi connectivity index (χ2v) is 6.94. The van der Waals surface area contributed by atoms with Gasteiger partial charge in [-0.2, -0.15) is 0 Å². The van der Waals surface area contributed by atoms with Crippen molar-refractivity contribution in [2.45, 2.75) is 11.9 Å². The minimum absolute atomic E-state index is 0.00569. The van der Waals surface area contributed by atoms with E-state index in [4.69, 9.17) is 14.2 Å². The summed E-state index contributed by atoms with van der Waals surface area (Å²) in [7, 11) is 4.75. The highest BCUT2D eigenvalue weighted by Crippen LogP contribution is 2.30. The number of pyridine rings is 1. The molecule has 5 nitrogen and oxygen atoms in total. The zero-order valence-electron chi connectivity index (χ0n) is 15.7. The summed E-state index contributed by atoms with van der Waals surface area (Å²) in [5.74, 6) is 2.20. The smallest absolute Gasteiger partial charge is 0.173 e. The lowest BCUT2D eigenvalue weighted by molar-refractivity contribution is 0.102. The third kappa shape index (κ3) is 4.17. The number of Topliss-reactive ketones (excluding diaryl/α,β-unsaturated/α-hetero) is 1. The summed E-state index contributed by atoms with van der Waals surface area (Å²) < 4.78 is 15.8. The van der Waals surface area contributed by atoms with Crippen molar-refractivity contribution >= 4 is 28.4 Å². The highest BCUT2D eigenvalue weighted by molar-refractivity contribution is 7.99. The zero-order chi connectivity index (χ0) is 19.4. The first-order chi connectivity index (χ1) is 13.0. The van der Waals surface area contributed by atoms with Gasteiger partial charge in [-0.3, -0.25) is 4.79 Å². The number of benzene rings is 2. The molecule has 3 rings (SSSR count). The van der Waals surface area contributed by atoms with Crippen LogP contribution in [0.15, 0.2) is 47.5 Å². The molecule has 0 unspecified atom stereocenters. The van der Waals surface area contributed by atoms with Crippen LogP contribution in [0.3, 0.4) is 0 Å². The molecular formula is C21H21NO4S. The van der Waals surface area contributed by atoms with Crippen molar-refractivity contribution in [2.75, 3.05) is 27.1 Å². The molecule has 0 aliphatic heterocycles. The Bertz CT molecular complexity index is 987. The monoisotopic (exact) mass is 383 g/mol. The average Bonchev–Trinajstić information content (AvgIpc) is 2.70. The van der Waals surface area contributed by atoms with E-state index in [1.54, 1.807) is 39.5 Å². The van der Waals surface area contributed by atoms with Crippen molar-refractivity contribution in [2.24, 2.45) is 0 Å². The Labute approximate surface area is 162 Å². The molecule has 1 aromatic heterocycles. The fraction of sp³-hybridized carbons (Fsp3) is 0.238. The van der Waals surface area contributed by atoms with E-state index in [1.807, 2.05) is 31.2 Å². The summed E-state index contributed by atoms with van der Waals surface area (Å²) in [4.78, 5) is 17.2. The van der Waals surface area contributed by atoms with Gasteiger partial charge < -0.3 is 14.2 Å². The SMILES string of the molecule is COc1ccc2c(C)cc(SCC(=O)c3ccc(OC)c(OC)c3)nc2c1. The van der Waals surface area contributed by atoms with E-state index in [-0.39, 0.29) is 11.5 Å². The third-order valence-corrected chi connectivity index (χ3v) is 5.17. The standard InChI is InChI=1S/C21H21NO4S/c1-13-9-21(22-17-11-15(24-2)6-7-16(13)17)27-12-18(23)14-5-8-19(25-3)20(10-14)26-4/h5-11H,12H2,1-4H3. The second-order valence-electron chi connectivity index (χ2n) is 5.94. The van der Waals surface area contributed by atoms with Crippen LogP contribution in [0.25, 0.3) is 10.9 Å². The highest BCUT2D eigenvalue weighted by Gasteiger charge is 2.12. The molecule has 0 amide bonds. The molecule has 0 saturated carbocycles. The Morgan fingerprint density at radius 1 is 0.963 bits per heavy atom. The van der Waals surface area contributed by atoms with Gasteiger partial charge in [0, 0.05) is 17.0 Å². The van der Waals surface area contributed by atoms with Gasteiger partial charge in [-0.05, 0) is 48.9 Å². The summed E-state index contributed by atoms with van der Waals surface area (Å²) in [6.07, 6.45) is 0. The van der Waals surface area contributed by atoms with Gasteiger partial charge in [0.1, 0.15) is 5.75 Å². The topological polar surface area (TPSA) is 57.7 Å². The Kier molecular flexibility index (Phi) is 5.86. The Morgan fingerprint density at radius 2 is 1.74 bits per heavy atom. The van der Waals surface area contributed by atoms with Crippen LogP contribution in [0.2, 0.25) is 0 Å². The number of nitrogens with zero attached hydrogens (tertiary/aromatic N) is 1. The number of ether oxygens (including phenoxy) is 3. The molecule has 2 aromatic carbocycles. The van der Waals surface area contributed by atoms with Gasteiger partial charge in [-0.15, -0.1) is 0 Å². The lowest BCUT2D eigenvalue weighted by atomic mass is 10.1. The van der Waals surface area contributed by atoms with Crippen LogP contribution in [0, 0.1) is 6.92 Å².